The number of terminal acetylenes is 1. The molecule has 1 rings (SSSR count). The van der Waals surface area contributed by atoms with Crippen LogP contribution in [-0.2, 0) is 4.79 Å². The van der Waals surface area contributed by atoms with Crippen LogP contribution in [0.25, 0.3) is 0 Å². The number of benzene rings is 1. The third-order valence-electron chi connectivity index (χ3n) is 2.12. The fourth-order valence-electron chi connectivity index (χ4n) is 1.19. The van der Waals surface area contributed by atoms with Crippen molar-refractivity contribution in [3.63, 3.8) is 0 Å². The molecule has 90 valence electrons. The Kier molecular flexibility index (Phi) is 5.05. The van der Waals surface area contributed by atoms with Crippen molar-refractivity contribution in [1.29, 1.82) is 0 Å². The van der Waals surface area contributed by atoms with E-state index in [0.29, 0.717) is 5.75 Å². The van der Waals surface area contributed by atoms with Crippen LogP contribution in [0.4, 0.5) is 0 Å². The minimum Gasteiger partial charge on any atom is -0.484 e. The van der Waals surface area contributed by atoms with E-state index >= 15 is 0 Å². The molecule has 4 heteroatoms. The van der Waals surface area contributed by atoms with E-state index in [2.05, 4.69) is 11.2 Å². The van der Waals surface area contributed by atoms with Gasteiger partial charge in [0.1, 0.15) is 5.75 Å². The second kappa shape index (κ2) is 6.56. The molecule has 1 aromatic carbocycles. The third-order valence-corrected chi connectivity index (χ3v) is 2.12. The van der Waals surface area contributed by atoms with Gasteiger partial charge in [-0.1, -0.05) is 18.1 Å². The van der Waals surface area contributed by atoms with E-state index in [4.69, 9.17) is 11.2 Å². The lowest BCUT2D eigenvalue weighted by atomic mass is 10.1. The Balaban J connectivity index is 2.42. The van der Waals surface area contributed by atoms with Crippen molar-refractivity contribution in [3.8, 4) is 18.1 Å². The maximum Gasteiger partial charge on any atom is 0.258 e. The van der Waals surface area contributed by atoms with Crippen LogP contribution in [0.3, 0.4) is 0 Å². The lowest BCUT2D eigenvalue weighted by Crippen LogP contribution is -2.28. The van der Waals surface area contributed by atoms with E-state index < -0.39 is 6.10 Å². The molecule has 0 bridgehead atoms. The predicted octanol–water partition coefficient (Wildman–Crippen LogP) is 0.868. The van der Waals surface area contributed by atoms with Crippen LogP contribution < -0.4 is 10.1 Å². The number of carbonyl (C=O) groups excluding carboxylic acids is 1. The first-order valence-electron chi connectivity index (χ1n) is 5.24. The summed E-state index contributed by atoms with van der Waals surface area (Å²) in [5.74, 6) is 2.61. The van der Waals surface area contributed by atoms with Crippen molar-refractivity contribution < 1.29 is 14.6 Å². The Morgan fingerprint density at radius 1 is 1.53 bits per heavy atom. The zero-order valence-electron chi connectivity index (χ0n) is 9.64. The van der Waals surface area contributed by atoms with Crippen LogP contribution >= 0.6 is 0 Å². The number of aliphatic hydroxyl groups is 1. The number of nitrogens with one attached hydrogen (secondary N) is 1. The molecule has 0 fully saturated rings. The molecule has 4 nitrogen and oxygen atoms in total. The summed E-state index contributed by atoms with van der Waals surface area (Å²) in [6.45, 7) is 1.81. The summed E-state index contributed by atoms with van der Waals surface area (Å²) in [5.41, 5.74) is 0.800. The Morgan fingerprint density at radius 2 is 2.18 bits per heavy atom. The molecular formula is C13H15NO3. The van der Waals surface area contributed by atoms with Gasteiger partial charge in [-0.15, -0.1) is 6.42 Å². The fourth-order valence-corrected chi connectivity index (χ4v) is 1.19. The normalized spacial score (nSPS) is 11.4. The summed E-state index contributed by atoms with van der Waals surface area (Å²) in [6, 6.07) is 6.91. The molecular weight excluding hydrogens is 218 g/mol. The van der Waals surface area contributed by atoms with Gasteiger partial charge in [0.15, 0.2) is 6.61 Å². The van der Waals surface area contributed by atoms with Crippen LogP contribution in [0.5, 0.6) is 5.75 Å². The molecule has 0 aliphatic carbocycles. The van der Waals surface area contributed by atoms with Crippen LogP contribution in [0.1, 0.15) is 18.6 Å². The first kappa shape index (κ1) is 13.1. The molecule has 1 aromatic rings. The van der Waals surface area contributed by atoms with E-state index in [-0.39, 0.29) is 19.1 Å². The summed E-state index contributed by atoms with van der Waals surface area (Å²) in [6.07, 6.45) is 4.49. The highest BCUT2D eigenvalue weighted by molar-refractivity contribution is 5.77. The lowest BCUT2D eigenvalue weighted by Gasteiger charge is -2.08. The van der Waals surface area contributed by atoms with Crippen molar-refractivity contribution in [3.05, 3.63) is 29.8 Å². The Morgan fingerprint density at radius 3 is 2.71 bits per heavy atom. The summed E-state index contributed by atoms with van der Waals surface area (Å²) in [5, 5.41) is 11.8. The fraction of sp³-hybridized carbons (Fsp3) is 0.308. The molecule has 1 amide bonds. The maximum atomic E-state index is 11.2. The van der Waals surface area contributed by atoms with Gasteiger partial charge in [0.2, 0.25) is 0 Å². The summed E-state index contributed by atoms with van der Waals surface area (Å²) in [7, 11) is 0. The molecule has 0 saturated carbocycles. The SMILES string of the molecule is C#CCNC(=O)COc1ccc([C@@H](C)O)cc1. The molecule has 0 heterocycles. The molecule has 1 atom stereocenters. The quantitative estimate of drug-likeness (QED) is 0.742. The number of amides is 1. The Labute approximate surface area is 101 Å². The average Bonchev–Trinajstić information content (AvgIpc) is 2.34. The van der Waals surface area contributed by atoms with E-state index in [1.54, 1.807) is 31.2 Å². The monoisotopic (exact) mass is 233 g/mol. The molecule has 0 aromatic heterocycles. The van der Waals surface area contributed by atoms with Crippen LogP contribution in [0, 0.1) is 12.3 Å². The molecule has 0 aliphatic rings. The van der Waals surface area contributed by atoms with Gasteiger partial charge < -0.3 is 15.2 Å². The maximum absolute atomic E-state index is 11.2. The topological polar surface area (TPSA) is 58.6 Å². The summed E-state index contributed by atoms with van der Waals surface area (Å²) >= 11 is 0. The van der Waals surface area contributed by atoms with Crippen molar-refractivity contribution in [2.75, 3.05) is 13.2 Å². The van der Waals surface area contributed by atoms with Crippen LogP contribution in [0.2, 0.25) is 0 Å². The zero-order valence-corrected chi connectivity index (χ0v) is 9.64. The van der Waals surface area contributed by atoms with Crippen molar-refractivity contribution in [1.82, 2.24) is 5.32 Å². The number of rotatable bonds is 5. The second-order valence-electron chi connectivity index (χ2n) is 3.51. The van der Waals surface area contributed by atoms with Crippen molar-refractivity contribution in [2.24, 2.45) is 0 Å². The highest BCUT2D eigenvalue weighted by Gasteiger charge is 2.03. The van der Waals surface area contributed by atoms with Gasteiger partial charge in [0.05, 0.1) is 12.6 Å². The first-order chi connectivity index (χ1) is 8.13. The second-order valence-corrected chi connectivity index (χ2v) is 3.51. The largest absolute Gasteiger partial charge is 0.484 e. The number of carbonyl (C=O) groups is 1. The molecule has 0 spiro atoms. The number of hydrogen-bond donors (Lipinski definition) is 2. The van der Waals surface area contributed by atoms with Gasteiger partial charge >= 0.3 is 0 Å². The highest BCUT2D eigenvalue weighted by Crippen LogP contribution is 2.16. The summed E-state index contributed by atoms with van der Waals surface area (Å²) in [4.78, 5) is 11.2. The minimum absolute atomic E-state index is 0.0737. The lowest BCUT2D eigenvalue weighted by molar-refractivity contribution is -0.122. The molecule has 17 heavy (non-hydrogen) atoms. The van der Waals surface area contributed by atoms with Gasteiger partial charge in [-0.05, 0) is 24.6 Å². The molecule has 0 saturated heterocycles. The Bertz CT molecular complexity index is 404. The third kappa shape index (κ3) is 4.58. The van der Waals surface area contributed by atoms with Gasteiger partial charge in [0, 0.05) is 0 Å². The van der Waals surface area contributed by atoms with E-state index in [0.717, 1.165) is 5.56 Å². The number of aliphatic hydroxyl groups excluding tert-OH is 1. The predicted molar refractivity (Wildman–Crippen MR) is 64.4 cm³/mol. The van der Waals surface area contributed by atoms with Gasteiger partial charge in [-0.3, -0.25) is 4.79 Å². The smallest absolute Gasteiger partial charge is 0.258 e. The molecule has 0 radical (unpaired) electrons. The zero-order chi connectivity index (χ0) is 12.7. The van der Waals surface area contributed by atoms with E-state index in [1.807, 2.05) is 0 Å². The average molecular weight is 233 g/mol. The van der Waals surface area contributed by atoms with Crippen LogP contribution in [-0.4, -0.2) is 24.2 Å². The number of ether oxygens (including phenoxy) is 1. The van der Waals surface area contributed by atoms with Crippen molar-refractivity contribution >= 4 is 5.91 Å². The molecule has 2 N–H and O–H groups in total. The Hall–Kier alpha value is -1.99. The van der Waals surface area contributed by atoms with E-state index in [1.165, 1.54) is 0 Å². The van der Waals surface area contributed by atoms with Gasteiger partial charge in [-0.25, -0.2) is 0 Å². The van der Waals surface area contributed by atoms with Crippen molar-refractivity contribution in [2.45, 2.75) is 13.0 Å². The molecule has 0 aliphatic heterocycles. The van der Waals surface area contributed by atoms with Crippen LogP contribution in [0.15, 0.2) is 24.3 Å². The number of hydrogen-bond acceptors (Lipinski definition) is 3. The first-order valence-corrected chi connectivity index (χ1v) is 5.24. The van der Waals surface area contributed by atoms with Gasteiger partial charge in [0.25, 0.3) is 5.91 Å². The summed E-state index contributed by atoms with van der Waals surface area (Å²) < 4.78 is 5.24. The molecule has 0 unspecified atom stereocenters. The highest BCUT2D eigenvalue weighted by atomic mass is 16.5. The van der Waals surface area contributed by atoms with E-state index in [9.17, 15) is 9.90 Å². The minimum atomic E-state index is -0.511. The van der Waals surface area contributed by atoms with Gasteiger partial charge in [-0.2, -0.15) is 0 Å². The standard InChI is InChI=1S/C13H15NO3/c1-3-8-14-13(16)9-17-12-6-4-11(5-7-12)10(2)15/h1,4-7,10,15H,8-9H2,2H3,(H,14,16)/t10-/m1/s1.